The topological polar surface area (TPSA) is 60.9 Å². The van der Waals surface area contributed by atoms with Crippen molar-refractivity contribution in [2.75, 3.05) is 0 Å². The van der Waals surface area contributed by atoms with Crippen LogP contribution in [-0.2, 0) is 5.41 Å². The molecule has 5 nitrogen and oxygen atoms in total. The summed E-state index contributed by atoms with van der Waals surface area (Å²) in [6.45, 7) is 0. The number of rotatable bonds is 5. The van der Waals surface area contributed by atoms with Crippen LogP contribution in [0.4, 0.5) is 0 Å². The van der Waals surface area contributed by atoms with E-state index in [-0.39, 0.29) is 11.2 Å². The summed E-state index contributed by atoms with van der Waals surface area (Å²) in [5.74, 6) is 3.25. The van der Waals surface area contributed by atoms with Gasteiger partial charge in [0.1, 0.15) is 5.76 Å². The van der Waals surface area contributed by atoms with Crippen LogP contribution < -0.4 is 0 Å². The van der Waals surface area contributed by atoms with Crippen molar-refractivity contribution < 1.29 is 9.21 Å². The summed E-state index contributed by atoms with van der Waals surface area (Å²) in [5.41, 5.74) is 3.12. The monoisotopic (exact) mass is 399 g/mol. The Bertz CT molecular complexity index is 1060. The molecule has 4 aliphatic carbocycles. The molecular weight excluding hydrogens is 374 g/mol. The zero-order chi connectivity index (χ0) is 20.1. The van der Waals surface area contributed by atoms with Gasteiger partial charge in [-0.3, -0.25) is 4.79 Å². The average molecular weight is 399 g/mol. The van der Waals surface area contributed by atoms with Gasteiger partial charge in [0.2, 0.25) is 0 Å². The smallest absolute Gasteiger partial charge is 0.185 e. The lowest BCUT2D eigenvalue weighted by molar-refractivity contribution is -0.00828. The van der Waals surface area contributed by atoms with Crippen LogP contribution in [0, 0.1) is 17.8 Å². The van der Waals surface area contributed by atoms with Gasteiger partial charge in [0, 0.05) is 11.0 Å². The van der Waals surface area contributed by atoms with Crippen LogP contribution in [0.1, 0.15) is 60.3 Å². The quantitative estimate of drug-likeness (QED) is 0.436. The minimum atomic E-state index is -0.0437. The number of ketones is 1. The molecule has 0 saturated heterocycles. The number of carbonyl (C=O) groups is 1. The molecule has 4 aliphatic rings. The number of benzene rings is 1. The number of aromatic nitrogens is 3. The first-order chi connectivity index (χ1) is 14.7. The summed E-state index contributed by atoms with van der Waals surface area (Å²) in [6, 6.07) is 11.3. The molecule has 4 bridgehead atoms. The minimum Gasteiger partial charge on any atom is -0.465 e. The van der Waals surface area contributed by atoms with E-state index in [9.17, 15) is 4.79 Å². The first-order valence-corrected chi connectivity index (χ1v) is 11.0. The second-order valence-corrected chi connectivity index (χ2v) is 9.49. The Morgan fingerprint density at radius 2 is 1.73 bits per heavy atom. The van der Waals surface area contributed by atoms with E-state index in [2.05, 4.69) is 10.3 Å². The molecule has 7 rings (SSSR count). The molecule has 0 atom stereocenters. The molecule has 0 amide bonds. The van der Waals surface area contributed by atoms with Gasteiger partial charge in [-0.05, 0) is 105 Å². The number of carbonyl (C=O) groups excluding carboxylic acids is 1. The summed E-state index contributed by atoms with van der Waals surface area (Å²) in [7, 11) is 0. The van der Waals surface area contributed by atoms with Crippen LogP contribution in [-0.4, -0.2) is 20.8 Å². The van der Waals surface area contributed by atoms with Crippen molar-refractivity contribution in [1.29, 1.82) is 0 Å². The molecule has 0 aliphatic heterocycles. The molecule has 0 N–H and O–H groups in total. The normalized spacial score (nSPS) is 29.7. The Hall–Kier alpha value is -2.95. The van der Waals surface area contributed by atoms with Gasteiger partial charge in [-0.2, -0.15) is 0 Å². The fourth-order valence-electron chi connectivity index (χ4n) is 6.62. The fourth-order valence-corrected chi connectivity index (χ4v) is 6.62. The second-order valence-electron chi connectivity index (χ2n) is 9.49. The van der Waals surface area contributed by atoms with Gasteiger partial charge < -0.3 is 4.42 Å². The van der Waals surface area contributed by atoms with Crippen LogP contribution in [0.5, 0.6) is 0 Å². The van der Waals surface area contributed by atoms with E-state index in [1.54, 1.807) is 24.5 Å². The van der Waals surface area contributed by atoms with E-state index >= 15 is 0 Å². The molecule has 4 saturated carbocycles. The molecule has 2 heterocycles. The van der Waals surface area contributed by atoms with Crippen LogP contribution in [0.3, 0.4) is 0 Å². The SMILES string of the molecule is O=C(/C=C/c1ccco1)c1ccc(-n2nncc2C23CC4CC(CC(C4)C2)C3)cc1. The minimum absolute atomic E-state index is 0.0437. The third-order valence-electron chi connectivity index (χ3n) is 7.47. The number of furan rings is 1. The Kier molecular flexibility index (Phi) is 4.05. The third-order valence-corrected chi connectivity index (χ3v) is 7.47. The Balaban J connectivity index is 1.27. The number of hydrogen-bond acceptors (Lipinski definition) is 4. The molecule has 0 spiro atoms. The van der Waals surface area contributed by atoms with Gasteiger partial charge in [0.25, 0.3) is 0 Å². The standard InChI is InChI=1S/C25H25N3O2/c29-23(8-7-22-2-1-9-30-22)20-3-5-21(6-4-20)28-24(16-26-27-28)25-13-17-10-18(14-25)12-19(11-17)15-25/h1-9,16-19H,10-15H2/b8-7+. The lowest BCUT2D eigenvalue weighted by Crippen LogP contribution is -2.49. The van der Waals surface area contributed by atoms with Gasteiger partial charge in [0.15, 0.2) is 5.78 Å². The fraction of sp³-hybridized carbons (Fsp3) is 0.400. The van der Waals surface area contributed by atoms with Crippen LogP contribution in [0.2, 0.25) is 0 Å². The summed E-state index contributed by atoms with van der Waals surface area (Å²) < 4.78 is 7.26. The number of nitrogens with zero attached hydrogens (tertiary/aromatic N) is 3. The van der Waals surface area contributed by atoms with E-state index in [0.29, 0.717) is 11.3 Å². The summed E-state index contributed by atoms with van der Waals surface area (Å²) in [5, 5.41) is 8.74. The highest BCUT2D eigenvalue weighted by Crippen LogP contribution is 2.60. The highest BCUT2D eigenvalue weighted by molar-refractivity contribution is 6.06. The number of hydrogen-bond donors (Lipinski definition) is 0. The van der Waals surface area contributed by atoms with Gasteiger partial charge in [-0.1, -0.05) is 5.21 Å². The van der Waals surface area contributed by atoms with Crippen molar-refractivity contribution in [3.8, 4) is 5.69 Å². The van der Waals surface area contributed by atoms with Crippen molar-refractivity contribution in [2.45, 2.75) is 43.9 Å². The van der Waals surface area contributed by atoms with E-state index < -0.39 is 0 Å². The number of allylic oxidation sites excluding steroid dienone is 1. The third kappa shape index (κ3) is 2.95. The summed E-state index contributed by atoms with van der Waals surface area (Å²) >= 11 is 0. The van der Waals surface area contributed by atoms with E-state index in [4.69, 9.17) is 4.42 Å². The Labute approximate surface area is 175 Å². The van der Waals surface area contributed by atoms with Crippen molar-refractivity contribution in [3.05, 3.63) is 72.0 Å². The average Bonchev–Trinajstić information content (AvgIpc) is 3.43. The first-order valence-electron chi connectivity index (χ1n) is 11.0. The van der Waals surface area contributed by atoms with E-state index in [0.717, 1.165) is 23.4 Å². The first kappa shape index (κ1) is 17.9. The molecule has 0 unspecified atom stereocenters. The molecule has 5 heteroatoms. The maximum Gasteiger partial charge on any atom is 0.185 e. The van der Waals surface area contributed by atoms with Crippen LogP contribution >= 0.6 is 0 Å². The molecule has 3 aromatic rings. The molecule has 152 valence electrons. The van der Waals surface area contributed by atoms with Gasteiger partial charge in [-0.25, -0.2) is 4.68 Å². The van der Waals surface area contributed by atoms with Gasteiger partial charge >= 0.3 is 0 Å². The Morgan fingerprint density at radius 1 is 1.03 bits per heavy atom. The summed E-state index contributed by atoms with van der Waals surface area (Å²) in [4.78, 5) is 12.5. The van der Waals surface area contributed by atoms with Crippen molar-refractivity contribution in [3.63, 3.8) is 0 Å². The molecule has 2 aromatic heterocycles. The van der Waals surface area contributed by atoms with Gasteiger partial charge in [0.05, 0.1) is 23.8 Å². The molecule has 4 fully saturated rings. The Morgan fingerprint density at radius 3 is 2.37 bits per heavy atom. The van der Waals surface area contributed by atoms with E-state index in [1.807, 2.05) is 41.2 Å². The zero-order valence-electron chi connectivity index (χ0n) is 16.9. The van der Waals surface area contributed by atoms with E-state index in [1.165, 1.54) is 44.2 Å². The lowest BCUT2D eigenvalue weighted by atomic mass is 9.49. The van der Waals surface area contributed by atoms with Crippen LogP contribution in [0.25, 0.3) is 11.8 Å². The molecule has 1 aromatic carbocycles. The maximum atomic E-state index is 12.5. The van der Waals surface area contributed by atoms with Crippen molar-refractivity contribution in [2.24, 2.45) is 17.8 Å². The van der Waals surface area contributed by atoms with Crippen molar-refractivity contribution in [1.82, 2.24) is 15.0 Å². The molecule has 0 radical (unpaired) electrons. The van der Waals surface area contributed by atoms with Crippen molar-refractivity contribution >= 4 is 11.9 Å². The predicted molar refractivity (Wildman–Crippen MR) is 113 cm³/mol. The molecule has 30 heavy (non-hydrogen) atoms. The van der Waals surface area contributed by atoms with Gasteiger partial charge in [-0.15, -0.1) is 5.10 Å². The van der Waals surface area contributed by atoms with Crippen LogP contribution in [0.15, 0.2) is 59.4 Å². The molecular formula is C25H25N3O2. The largest absolute Gasteiger partial charge is 0.465 e. The predicted octanol–water partition coefficient (Wildman–Crippen LogP) is 5.22. The zero-order valence-corrected chi connectivity index (χ0v) is 16.9. The maximum absolute atomic E-state index is 12.5. The summed E-state index contributed by atoms with van der Waals surface area (Å²) in [6.07, 6.45) is 14.9. The lowest BCUT2D eigenvalue weighted by Gasteiger charge is -2.56. The second kappa shape index (κ2) is 6.79. The highest BCUT2D eigenvalue weighted by Gasteiger charge is 2.53. The highest BCUT2D eigenvalue weighted by atomic mass is 16.3.